The molecule has 1 unspecified atom stereocenters. The summed E-state index contributed by atoms with van der Waals surface area (Å²) >= 11 is 0. The van der Waals surface area contributed by atoms with Crippen LogP contribution in [0.3, 0.4) is 0 Å². The average Bonchev–Trinajstić information content (AvgIpc) is 2.87. The molecule has 0 aliphatic carbocycles. The summed E-state index contributed by atoms with van der Waals surface area (Å²) in [5, 5.41) is 0. The number of sulfonamides is 1. The van der Waals surface area contributed by atoms with Gasteiger partial charge in [0.25, 0.3) is 0 Å². The van der Waals surface area contributed by atoms with Gasteiger partial charge in [0, 0.05) is 18.6 Å². The van der Waals surface area contributed by atoms with Crippen LogP contribution in [0.15, 0.2) is 41.8 Å². The van der Waals surface area contributed by atoms with E-state index in [2.05, 4.69) is 11.3 Å². The summed E-state index contributed by atoms with van der Waals surface area (Å²) in [5.74, 6) is 0.184. The number of aryl methyl sites for hydroxylation is 1. The molecule has 116 valence electrons. The van der Waals surface area contributed by atoms with Gasteiger partial charge < -0.3 is 4.74 Å². The fraction of sp³-hybridized carbons (Fsp3) is 0.500. The van der Waals surface area contributed by atoms with Crippen molar-refractivity contribution in [3.05, 3.63) is 42.5 Å². The average molecular weight is 309 g/mol. The largest absolute Gasteiger partial charge is 0.378 e. The molecule has 0 saturated carbocycles. The van der Waals surface area contributed by atoms with E-state index >= 15 is 0 Å². The van der Waals surface area contributed by atoms with Crippen LogP contribution < -0.4 is 4.72 Å². The van der Waals surface area contributed by atoms with Crippen molar-refractivity contribution in [3.8, 4) is 0 Å². The highest BCUT2D eigenvalue weighted by molar-refractivity contribution is 7.89. The molecule has 3 atom stereocenters. The molecule has 1 fully saturated rings. The maximum absolute atomic E-state index is 12.4. The van der Waals surface area contributed by atoms with Crippen molar-refractivity contribution in [3.63, 3.8) is 0 Å². The van der Waals surface area contributed by atoms with Crippen LogP contribution in [0.4, 0.5) is 0 Å². The zero-order valence-corrected chi connectivity index (χ0v) is 13.4. The molecular weight excluding hydrogens is 286 g/mol. The minimum absolute atomic E-state index is 0.0539. The predicted octanol–water partition coefficient (Wildman–Crippen LogP) is 2.64. The molecule has 1 aromatic carbocycles. The molecule has 1 N–H and O–H groups in total. The Labute approximate surface area is 127 Å². The molecule has 1 aromatic rings. The Hall–Kier alpha value is -1.17. The van der Waals surface area contributed by atoms with Gasteiger partial charge in [0.1, 0.15) is 0 Å². The molecule has 0 bridgehead atoms. The van der Waals surface area contributed by atoms with Crippen molar-refractivity contribution < 1.29 is 13.2 Å². The molecular formula is C16H23NO3S. The fourth-order valence-electron chi connectivity index (χ4n) is 2.76. The van der Waals surface area contributed by atoms with Crippen molar-refractivity contribution in [2.24, 2.45) is 5.92 Å². The Balaban J connectivity index is 2.09. The first-order chi connectivity index (χ1) is 9.94. The minimum Gasteiger partial charge on any atom is -0.378 e. The highest BCUT2D eigenvalue weighted by Gasteiger charge is 2.33. The van der Waals surface area contributed by atoms with Gasteiger partial charge in [-0.3, -0.25) is 0 Å². The summed E-state index contributed by atoms with van der Waals surface area (Å²) in [6.07, 6.45) is 3.50. The molecule has 0 radical (unpaired) electrons. The molecule has 0 amide bonds. The molecule has 5 heteroatoms. The second-order valence-electron chi connectivity index (χ2n) is 5.61. The Bertz CT molecular complexity index is 580. The second-order valence-corrected chi connectivity index (χ2v) is 7.32. The highest BCUT2D eigenvalue weighted by Crippen LogP contribution is 2.27. The van der Waals surface area contributed by atoms with Gasteiger partial charge in [0.2, 0.25) is 10.0 Å². The molecule has 21 heavy (non-hydrogen) atoms. The number of rotatable bonds is 6. The predicted molar refractivity (Wildman–Crippen MR) is 83.6 cm³/mol. The van der Waals surface area contributed by atoms with E-state index in [0.29, 0.717) is 11.5 Å². The molecule has 0 spiro atoms. The summed E-state index contributed by atoms with van der Waals surface area (Å²) in [6, 6.07) is 6.72. The summed E-state index contributed by atoms with van der Waals surface area (Å²) in [5.41, 5.74) is 1.04. The summed E-state index contributed by atoms with van der Waals surface area (Å²) in [6.45, 7) is 8.25. The van der Waals surface area contributed by atoms with Gasteiger partial charge >= 0.3 is 0 Å². The third-order valence-electron chi connectivity index (χ3n) is 3.97. The Morgan fingerprint density at radius 2 is 2.10 bits per heavy atom. The first kappa shape index (κ1) is 16.2. The molecule has 1 saturated heterocycles. The molecule has 1 aliphatic rings. The Morgan fingerprint density at radius 1 is 1.43 bits per heavy atom. The molecule has 1 aliphatic heterocycles. The van der Waals surface area contributed by atoms with Crippen molar-refractivity contribution in [1.82, 2.24) is 4.72 Å². The normalized spacial score (nSPS) is 23.9. The lowest BCUT2D eigenvalue weighted by atomic mass is 9.93. The van der Waals surface area contributed by atoms with Crippen LogP contribution in [0.5, 0.6) is 0 Å². The van der Waals surface area contributed by atoms with Crippen LogP contribution in [0, 0.1) is 12.8 Å². The maximum Gasteiger partial charge on any atom is 0.240 e. The standard InChI is InChI=1S/C16H23NO3S/c1-4-5-16-15(10-11-20-16)13(3)17-21(18,19)14-8-6-12(2)7-9-14/h4,6-9,13,15-17H,1,5,10-11H2,2-3H3/t13?,15-,16+/m0/s1. The number of ether oxygens (including phenoxy) is 1. The third-order valence-corrected chi connectivity index (χ3v) is 5.55. The lowest BCUT2D eigenvalue weighted by Gasteiger charge is -2.24. The fourth-order valence-corrected chi connectivity index (χ4v) is 4.06. The SMILES string of the molecule is C=CC[C@H]1OCC[C@H]1C(C)NS(=O)(=O)c1ccc(C)cc1. The van der Waals surface area contributed by atoms with E-state index in [1.54, 1.807) is 24.3 Å². The number of hydrogen-bond acceptors (Lipinski definition) is 3. The number of hydrogen-bond donors (Lipinski definition) is 1. The lowest BCUT2D eigenvalue weighted by Crippen LogP contribution is -2.41. The third kappa shape index (κ3) is 3.93. The topological polar surface area (TPSA) is 55.4 Å². The van der Waals surface area contributed by atoms with Gasteiger partial charge in [-0.05, 0) is 38.8 Å². The summed E-state index contributed by atoms with van der Waals surface area (Å²) in [7, 11) is -3.48. The van der Waals surface area contributed by atoms with Gasteiger partial charge in [0.05, 0.1) is 11.0 Å². The summed E-state index contributed by atoms with van der Waals surface area (Å²) < 4.78 is 33.2. The zero-order valence-electron chi connectivity index (χ0n) is 12.6. The zero-order chi connectivity index (χ0) is 15.5. The van der Waals surface area contributed by atoms with Crippen molar-refractivity contribution in [2.75, 3.05) is 6.61 Å². The number of nitrogens with one attached hydrogen (secondary N) is 1. The van der Waals surface area contributed by atoms with Gasteiger partial charge in [-0.1, -0.05) is 23.8 Å². The van der Waals surface area contributed by atoms with E-state index in [0.717, 1.165) is 18.4 Å². The first-order valence-electron chi connectivity index (χ1n) is 7.25. The van der Waals surface area contributed by atoms with E-state index in [1.807, 2.05) is 19.9 Å². The maximum atomic E-state index is 12.4. The Morgan fingerprint density at radius 3 is 2.71 bits per heavy atom. The summed E-state index contributed by atoms with van der Waals surface area (Å²) in [4.78, 5) is 0.305. The highest BCUT2D eigenvalue weighted by atomic mass is 32.2. The number of benzene rings is 1. The first-order valence-corrected chi connectivity index (χ1v) is 8.74. The molecule has 2 rings (SSSR count). The van der Waals surface area contributed by atoms with Gasteiger partial charge in [-0.25, -0.2) is 13.1 Å². The van der Waals surface area contributed by atoms with Crippen LogP contribution >= 0.6 is 0 Å². The monoisotopic (exact) mass is 309 g/mol. The van der Waals surface area contributed by atoms with E-state index < -0.39 is 10.0 Å². The smallest absolute Gasteiger partial charge is 0.240 e. The van der Waals surface area contributed by atoms with E-state index in [1.165, 1.54) is 0 Å². The van der Waals surface area contributed by atoms with Crippen molar-refractivity contribution in [2.45, 2.75) is 43.7 Å². The van der Waals surface area contributed by atoms with Gasteiger partial charge in [-0.15, -0.1) is 6.58 Å². The van der Waals surface area contributed by atoms with E-state index in [-0.39, 0.29) is 18.1 Å². The quantitative estimate of drug-likeness (QED) is 0.822. The van der Waals surface area contributed by atoms with Crippen LogP contribution in [0.1, 0.15) is 25.3 Å². The Kier molecular flexibility index (Phi) is 5.19. The van der Waals surface area contributed by atoms with Gasteiger partial charge in [-0.2, -0.15) is 0 Å². The second kappa shape index (κ2) is 6.73. The molecule has 1 heterocycles. The van der Waals surface area contributed by atoms with Crippen LogP contribution in [-0.2, 0) is 14.8 Å². The van der Waals surface area contributed by atoms with Crippen LogP contribution in [0.2, 0.25) is 0 Å². The van der Waals surface area contributed by atoms with E-state index in [4.69, 9.17) is 4.74 Å². The van der Waals surface area contributed by atoms with Gasteiger partial charge in [0.15, 0.2) is 0 Å². The van der Waals surface area contributed by atoms with Crippen LogP contribution in [0.25, 0.3) is 0 Å². The van der Waals surface area contributed by atoms with Crippen molar-refractivity contribution >= 4 is 10.0 Å². The molecule has 0 aromatic heterocycles. The van der Waals surface area contributed by atoms with E-state index in [9.17, 15) is 8.42 Å². The minimum atomic E-state index is -3.48. The molecule has 4 nitrogen and oxygen atoms in total. The van der Waals surface area contributed by atoms with Crippen molar-refractivity contribution in [1.29, 1.82) is 0 Å². The lowest BCUT2D eigenvalue weighted by molar-refractivity contribution is 0.0869. The van der Waals surface area contributed by atoms with Crippen LogP contribution in [-0.4, -0.2) is 27.2 Å².